The van der Waals surface area contributed by atoms with Crippen LogP contribution < -0.4 is 5.32 Å². The Morgan fingerprint density at radius 2 is 1.42 bits per heavy atom. The minimum atomic E-state index is -1.44. The van der Waals surface area contributed by atoms with E-state index in [-0.39, 0.29) is 30.4 Å². The number of nitrogens with zero attached hydrogens (tertiary/aromatic N) is 3. The largest absolute Gasteiger partial charge is 0.444 e. The maximum absolute atomic E-state index is 14.6. The third-order valence-electron chi connectivity index (χ3n) is 7.78. The van der Waals surface area contributed by atoms with Crippen molar-refractivity contribution in [1.29, 1.82) is 0 Å². The Morgan fingerprint density at radius 1 is 0.867 bits per heavy atom. The van der Waals surface area contributed by atoms with Crippen molar-refractivity contribution in [3.05, 3.63) is 143 Å². The summed E-state index contributed by atoms with van der Waals surface area (Å²) in [5, 5.41) is 2.74. The highest BCUT2D eigenvalue weighted by Gasteiger charge is 2.51. The molecule has 0 saturated carbocycles. The van der Waals surface area contributed by atoms with Crippen LogP contribution in [0, 0.1) is 0 Å². The van der Waals surface area contributed by atoms with Crippen LogP contribution in [-0.2, 0) is 21.6 Å². The van der Waals surface area contributed by atoms with E-state index in [0.29, 0.717) is 22.3 Å². The van der Waals surface area contributed by atoms with Gasteiger partial charge in [0.2, 0.25) is 5.96 Å². The average molecular weight is 603 g/mol. The molecule has 0 saturated heterocycles. The van der Waals surface area contributed by atoms with Crippen LogP contribution >= 0.6 is 0 Å². The Balaban J connectivity index is 1.51. The van der Waals surface area contributed by atoms with Gasteiger partial charge in [-0.05, 0) is 62.1 Å². The quantitative estimate of drug-likeness (QED) is 0.255. The summed E-state index contributed by atoms with van der Waals surface area (Å²) in [6.07, 6.45) is -0.726. The molecule has 0 aromatic heterocycles. The van der Waals surface area contributed by atoms with Crippen molar-refractivity contribution in [2.75, 3.05) is 7.05 Å². The lowest BCUT2D eigenvalue weighted by molar-refractivity contribution is -0.130. The minimum Gasteiger partial charge on any atom is -0.444 e. The molecule has 0 bridgehead atoms. The van der Waals surface area contributed by atoms with Crippen LogP contribution in [0.4, 0.5) is 4.79 Å². The van der Waals surface area contributed by atoms with Gasteiger partial charge in [-0.2, -0.15) is 0 Å². The predicted molar refractivity (Wildman–Crippen MR) is 174 cm³/mol. The summed E-state index contributed by atoms with van der Waals surface area (Å²) < 4.78 is 5.53. The molecular formula is C37H38N4O4. The smallest absolute Gasteiger partial charge is 0.414 e. The van der Waals surface area contributed by atoms with Gasteiger partial charge in [0.15, 0.2) is 5.54 Å². The van der Waals surface area contributed by atoms with E-state index in [1.54, 1.807) is 50.9 Å². The van der Waals surface area contributed by atoms with Gasteiger partial charge in [0.05, 0.1) is 12.6 Å². The van der Waals surface area contributed by atoms with Gasteiger partial charge < -0.3 is 9.64 Å². The SMILES string of the molecule is C[C@@H](c1ccccc1)N(C)C(=O)c1cccc(CN2C(=O)C(c3ccccc3)(c3ccccc3)N=C2NC(=O)OC(C)(C)C)c1. The van der Waals surface area contributed by atoms with E-state index in [1.165, 1.54) is 4.90 Å². The van der Waals surface area contributed by atoms with Gasteiger partial charge in [-0.1, -0.05) is 103 Å². The standard InChI is InChI=1S/C37H38N4O4/c1-26(28-17-9-6-10-18-28)40(5)32(42)29-19-15-16-27(24-29)25-41-33(43)37(30-20-11-7-12-21-30,31-22-13-8-14-23-31)39-34(41)38-35(44)45-36(2,3)4/h6-24,26H,25H2,1-5H3,(H,38,39,44)/t26-/m0/s1. The number of carbonyl (C=O) groups is 3. The zero-order chi connectivity index (χ0) is 32.2. The number of hydrogen-bond donors (Lipinski definition) is 1. The lowest BCUT2D eigenvalue weighted by Crippen LogP contribution is -2.47. The first-order chi connectivity index (χ1) is 21.5. The number of ether oxygens (including phenoxy) is 1. The van der Waals surface area contributed by atoms with Crippen LogP contribution in [0.1, 0.15) is 66.3 Å². The number of nitrogens with one attached hydrogen (secondary N) is 1. The zero-order valence-electron chi connectivity index (χ0n) is 26.2. The molecule has 0 spiro atoms. The summed E-state index contributed by atoms with van der Waals surface area (Å²) in [6, 6.07) is 35.5. The van der Waals surface area contributed by atoms with Crippen molar-refractivity contribution in [2.45, 2.75) is 51.4 Å². The summed E-state index contributed by atoms with van der Waals surface area (Å²) in [5.41, 5.74) is 1.34. The number of amides is 3. The zero-order valence-corrected chi connectivity index (χ0v) is 26.2. The molecule has 0 aliphatic carbocycles. The fourth-order valence-electron chi connectivity index (χ4n) is 5.42. The molecule has 3 amide bonds. The molecule has 5 rings (SSSR count). The van der Waals surface area contributed by atoms with Gasteiger partial charge in [0, 0.05) is 12.6 Å². The minimum absolute atomic E-state index is 0.0634. The van der Waals surface area contributed by atoms with Gasteiger partial charge in [-0.25, -0.2) is 9.79 Å². The molecule has 0 fully saturated rings. The molecule has 0 unspecified atom stereocenters. The second kappa shape index (κ2) is 12.8. The Hall–Kier alpha value is -5.24. The second-order valence-corrected chi connectivity index (χ2v) is 12.1. The predicted octanol–water partition coefficient (Wildman–Crippen LogP) is 6.69. The number of hydrogen-bond acceptors (Lipinski definition) is 5. The highest BCUT2D eigenvalue weighted by molar-refractivity contribution is 6.12. The van der Waals surface area contributed by atoms with E-state index in [4.69, 9.17) is 9.73 Å². The van der Waals surface area contributed by atoms with E-state index in [1.807, 2.05) is 104 Å². The van der Waals surface area contributed by atoms with Crippen molar-refractivity contribution in [3.63, 3.8) is 0 Å². The molecule has 4 aromatic rings. The Kier molecular flexibility index (Phi) is 8.86. The molecule has 1 aliphatic rings. The highest BCUT2D eigenvalue weighted by Crippen LogP contribution is 2.40. The van der Waals surface area contributed by atoms with Crippen LogP contribution in [0.15, 0.2) is 120 Å². The van der Waals surface area contributed by atoms with E-state index in [9.17, 15) is 14.4 Å². The molecule has 4 aromatic carbocycles. The fourth-order valence-corrected chi connectivity index (χ4v) is 5.42. The first kappa shape index (κ1) is 31.2. The summed E-state index contributed by atoms with van der Waals surface area (Å²) in [6.45, 7) is 7.35. The Bertz CT molecular complexity index is 1660. The molecule has 8 nitrogen and oxygen atoms in total. The Morgan fingerprint density at radius 3 is 1.98 bits per heavy atom. The monoisotopic (exact) mass is 602 g/mol. The third kappa shape index (κ3) is 6.65. The molecule has 1 heterocycles. The summed E-state index contributed by atoms with van der Waals surface area (Å²) >= 11 is 0. The highest BCUT2D eigenvalue weighted by atomic mass is 16.6. The van der Waals surface area contributed by atoms with Gasteiger partial charge >= 0.3 is 6.09 Å². The average Bonchev–Trinajstić information content (AvgIpc) is 3.31. The van der Waals surface area contributed by atoms with Crippen molar-refractivity contribution in [2.24, 2.45) is 4.99 Å². The topological polar surface area (TPSA) is 91.3 Å². The van der Waals surface area contributed by atoms with Gasteiger partial charge in [0.1, 0.15) is 5.60 Å². The van der Waals surface area contributed by atoms with Crippen LogP contribution in [0.25, 0.3) is 0 Å². The number of aliphatic imine (C=N–C) groups is 1. The number of carbonyl (C=O) groups excluding carboxylic acids is 3. The number of benzene rings is 4. The maximum Gasteiger partial charge on any atom is 0.414 e. The molecule has 1 N–H and O–H groups in total. The van der Waals surface area contributed by atoms with E-state index >= 15 is 0 Å². The number of rotatable bonds is 7. The first-order valence-electron chi connectivity index (χ1n) is 14.9. The van der Waals surface area contributed by atoms with Crippen molar-refractivity contribution in [3.8, 4) is 0 Å². The fraction of sp³-hybridized carbons (Fsp3) is 0.243. The van der Waals surface area contributed by atoms with Crippen molar-refractivity contribution >= 4 is 23.9 Å². The van der Waals surface area contributed by atoms with E-state index < -0.39 is 17.2 Å². The number of alkyl carbamates (subject to hydrolysis) is 1. The van der Waals surface area contributed by atoms with Gasteiger partial charge in [-0.15, -0.1) is 0 Å². The molecule has 8 heteroatoms. The van der Waals surface area contributed by atoms with Gasteiger partial charge in [0.25, 0.3) is 11.8 Å². The van der Waals surface area contributed by atoms with Crippen molar-refractivity contribution < 1.29 is 19.1 Å². The van der Waals surface area contributed by atoms with E-state index in [0.717, 1.165) is 5.56 Å². The van der Waals surface area contributed by atoms with E-state index in [2.05, 4.69) is 5.32 Å². The molecule has 1 aliphatic heterocycles. The normalized spacial score (nSPS) is 14.8. The number of guanidine groups is 1. The lowest BCUT2D eigenvalue weighted by Gasteiger charge is -2.28. The van der Waals surface area contributed by atoms with Crippen molar-refractivity contribution in [1.82, 2.24) is 15.1 Å². The van der Waals surface area contributed by atoms with Crippen LogP contribution in [-0.4, -0.2) is 46.3 Å². The molecule has 45 heavy (non-hydrogen) atoms. The Labute approximate surface area is 264 Å². The third-order valence-corrected chi connectivity index (χ3v) is 7.78. The molecular weight excluding hydrogens is 564 g/mol. The van der Waals surface area contributed by atoms with Crippen LogP contribution in [0.5, 0.6) is 0 Å². The summed E-state index contributed by atoms with van der Waals surface area (Å²) in [5.74, 6) is -0.421. The molecule has 1 atom stereocenters. The maximum atomic E-state index is 14.6. The van der Waals surface area contributed by atoms with Crippen LogP contribution in [0.2, 0.25) is 0 Å². The lowest BCUT2D eigenvalue weighted by atomic mass is 9.83. The van der Waals surface area contributed by atoms with Gasteiger partial charge in [-0.3, -0.25) is 19.8 Å². The summed E-state index contributed by atoms with van der Waals surface area (Å²) in [4.78, 5) is 49.3. The second-order valence-electron chi connectivity index (χ2n) is 12.1. The van der Waals surface area contributed by atoms with Crippen LogP contribution in [0.3, 0.4) is 0 Å². The summed E-state index contributed by atoms with van der Waals surface area (Å²) in [7, 11) is 1.78. The molecule has 230 valence electrons. The molecule has 0 radical (unpaired) electrons. The first-order valence-corrected chi connectivity index (χ1v) is 14.9.